The molecule has 2 atom stereocenters. The van der Waals surface area contributed by atoms with Gasteiger partial charge in [0, 0.05) is 19.2 Å². The molecule has 7 heteroatoms. The van der Waals surface area contributed by atoms with Gasteiger partial charge in [0.2, 0.25) is 5.95 Å². The van der Waals surface area contributed by atoms with Crippen LogP contribution in [0.3, 0.4) is 0 Å². The third-order valence-electron chi connectivity index (χ3n) is 4.53. The molecule has 0 amide bonds. The maximum absolute atomic E-state index is 6.21. The van der Waals surface area contributed by atoms with Gasteiger partial charge in [0.15, 0.2) is 5.11 Å². The van der Waals surface area contributed by atoms with Crippen molar-refractivity contribution in [3.05, 3.63) is 47.1 Å². The third-order valence-corrected chi connectivity index (χ3v) is 4.95. The van der Waals surface area contributed by atoms with Gasteiger partial charge >= 0.3 is 0 Å². The van der Waals surface area contributed by atoms with Crippen LogP contribution in [0.15, 0.2) is 36.4 Å². The normalized spacial score (nSPS) is 18.3. The van der Waals surface area contributed by atoms with Gasteiger partial charge in [0.1, 0.15) is 11.0 Å². The molecule has 1 aromatic heterocycles. The van der Waals surface area contributed by atoms with Crippen LogP contribution in [-0.2, 0) is 0 Å². The number of thiocarbonyl (C=S) groups is 1. The number of rotatable bonds is 4. The summed E-state index contributed by atoms with van der Waals surface area (Å²) in [4.78, 5) is 11.1. The summed E-state index contributed by atoms with van der Waals surface area (Å²) < 4.78 is 0. The average molecular weight is 390 g/mol. The van der Waals surface area contributed by atoms with Gasteiger partial charge < -0.3 is 15.5 Å². The van der Waals surface area contributed by atoms with Crippen molar-refractivity contribution < 1.29 is 0 Å². The number of hydrogen-bond donors (Lipinski definition) is 2. The van der Waals surface area contributed by atoms with Crippen molar-refractivity contribution in [1.82, 2.24) is 15.3 Å². The molecule has 1 aliphatic heterocycles. The maximum atomic E-state index is 6.21. The van der Waals surface area contributed by atoms with E-state index in [1.54, 1.807) is 0 Å². The van der Waals surface area contributed by atoms with Gasteiger partial charge in [0.05, 0.1) is 6.04 Å². The summed E-state index contributed by atoms with van der Waals surface area (Å²) in [7, 11) is 0. The highest BCUT2D eigenvalue weighted by Gasteiger charge is 2.19. The highest BCUT2D eigenvalue weighted by Crippen LogP contribution is 2.24. The SMILES string of the molecule is C[C@H]1CCCN(c2cc(Cl)nc(NC(=S)N[C@@H](C)c3ccccc3)n2)C1. The Bertz CT molecular complexity index is 755. The van der Waals surface area contributed by atoms with E-state index in [0.717, 1.165) is 24.5 Å². The number of halogens is 1. The molecule has 0 bridgehead atoms. The predicted octanol–water partition coefficient (Wildman–Crippen LogP) is 4.41. The molecule has 0 saturated carbocycles. The van der Waals surface area contributed by atoms with Crippen LogP contribution in [-0.4, -0.2) is 28.2 Å². The van der Waals surface area contributed by atoms with Crippen molar-refractivity contribution in [2.75, 3.05) is 23.3 Å². The van der Waals surface area contributed by atoms with Crippen LogP contribution in [0.4, 0.5) is 11.8 Å². The van der Waals surface area contributed by atoms with E-state index in [1.807, 2.05) is 24.3 Å². The molecule has 26 heavy (non-hydrogen) atoms. The number of benzene rings is 1. The van der Waals surface area contributed by atoms with Crippen LogP contribution in [0, 0.1) is 5.92 Å². The summed E-state index contributed by atoms with van der Waals surface area (Å²) >= 11 is 11.6. The number of piperidine rings is 1. The Kier molecular flexibility index (Phi) is 6.27. The average Bonchev–Trinajstić information content (AvgIpc) is 2.62. The summed E-state index contributed by atoms with van der Waals surface area (Å²) in [5.74, 6) is 1.92. The minimum absolute atomic E-state index is 0.0813. The molecule has 1 aliphatic rings. The van der Waals surface area contributed by atoms with Gasteiger partial charge in [-0.05, 0) is 43.5 Å². The van der Waals surface area contributed by atoms with Gasteiger partial charge in [-0.2, -0.15) is 4.98 Å². The Hall–Kier alpha value is -1.92. The first-order valence-electron chi connectivity index (χ1n) is 8.93. The van der Waals surface area contributed by atoms with Gasteiger partial charge in [-0.3, -0.25) is 0 Å². The van der Waals surface area contributed by atoms with E-state index in [4.69, 9.17) is 23.8 Å². The molecular formula is C19H24ClN5S. The quantitative estimate of drug-likeness (QED) is 0.596. The van der Waals surface area contributed by atoms with E-state index in [2.05, 4.69) is 51.5 Å². The van der Waals surface area contributed by atoms with Gasteiger partial charge in [0.25, 0.3) is 0 Å². The lowest BCUT2D eigenvalue weighted by atomic mass is 10.0. The van der Waals surface area contributed by atoms with E-state index in [-0.39, 0.29) is 6.04 Å². The van der Waals surface area contributed by atoms with E-state index in [1.165, 1.54) is 12.8 Å². The number of aromatic nitrogens is 2. The molecule has 0 unspecified atom stereocenters. The zero-order valence-corrected chi connectivity index (χ0v) is 16.6. The summed E-state index contributed by atoms with van der Waals surface area (Å²) in [5.41, 5.74) is 1.16. The fourth-order valence-corrected chi connectivity index (χ4v) is 3.63. The van der Waals surface area contributed by atoms with E-state index < -0.39 is 0 Å². The molecule has 1 fully saturated rings. The second-order valence-electron chi connectivity index (χ2n) is 6.80. The van der Waals surface area contributed by atoms with Crippen LogP contribution >= 0.6 is 23.8 Å². The number of nitrogens with one attached hydrogen (secondary N) is 2. The molecule has 1 saturated heterocycles. The van der Waals surface area contributed by atoms with E-state index in [9.17, 15) is 0 Å². The predicted molar refractivity (Wildman–Crippen MR) is 112 cm³/mol. The van der Waals surface area contributed by atoms with Crippen LogP contribution in [0.1, 0.15) is 38.3 Å². The number of hydrogen-bond acceptors (Lipinski definition) is 4. The van der Waals surface area contributed by atoms with Crippen molar-refractivity contribution in [2.45, 2.75) is 32.7 Å². The Morgan fingerprint density at radius 2 is 2.08 bits per heavy atom. The second-order valence-corrected chi connectivity index (χ2v) is 7.59. The maximum Gasteiger partial charge on any atom is 0.232 e. The fourth-order valence-electron chi connectivity index (χ4n) is 3.18. The van der Waals surface area contributed by atoms with Crippen molar-refractivity contribution >= 4 is 40.7 Å². The molecule has 0 radical (unpaired) electrons. The first kappa shape index (κ1) is 18.9. The van der Waals surface area contributed by atoms with Gasteiger partial charge in [-0.1, -0.05) is 48.9 Å². The van der Waals surface area contributed by atoms with E-state index >= 15 is 0 Å². The monoisotopic (exact) mass is 389 g/mol. The molecule has 2 aromatic rings. The lowest BCUT2D eigenvalue weighted by Crippen LogP contribution is -2.35. The first-order valence-corrected chi connectivity index (χ1v) is 9.72. The van der Waals surface area contributed by atoms with Crippen molar-refractivity contribution in [3.8, 4) is 0 Å². The second kappa shape index (κ2) is 8.64. The smallest absolute Gasteiger partial charge is 0.232 e. The summed E-state index contributed by atoms with van der Waals surface area (Å²) in [6.07, 6.45) is 2.42. The van der Waals surface area contributed by atoms with Crippen LogP contribution in [0.2, 0.25) is 5.15 Å². The van der Waals surface area contributed by atoms with Gasteiger partial charge in [-0.25, -0.2) is 4.98 Å². The number of nitrogens with zero attached hydrogens (tertiary/aromatic N) is 3. The molecule has 0 aliphatic carbocycles. The van der Waals surface area contributed by atoms with Crippen molar-refractivity contribution in [3.63, 3.8) is 0 Å². The Morgan fingerprint density at radius 3 is 2.81 bits per heavy atom. The first-order chi connectivity index (χ1) is 12.5. The van der Waals surface area contributed by atoms with Crippen LogP contribution in [0.25, 0.3) is 0 Å². The molecule has 5 nitrogen and oxygen atoms in total. The zero-order chi connectivity index (χ0) is 18.5. The molecule has 3 rings (SSSR count). The highest BCUT2D eigenvalue weighted by atomic mass is 35.5. The molecular weight excluding hydrogens is 366 g/mol. The standard InChI is InChI=1S/C19H24ClN5S/c1-13-7-6-10-25(12-13)17-11-16(20)22-18(23-17)24-19(26)21-14(2)15-8-4-3-5-9-15/h3-5,8-9,11,13-14H,6-7,10,12H2,1-2H3,(H2,21,22,23,24,26)/t13-,14-/m0/s1. The fraction of sp³-hybridized carbons (Fsp3) is 0.421. The summed E-state index contributed by atoms with van der Waals surface area (Å²) in [5, 5.41) is 7.20. The lowest BCUT2D eigenvalue weighted by Gasteiger charge is -2.32. The summed E-state index contributed by atoms with van der Waals surface area (Å²) in [6, 6.07) is 12.0. The number of anilines is 2. The zero-order valence-electron chi connectivity index (χ0n) is 15.1. The molecule has 2 heterocycles. The van der Waals surface area contributed by atoms with Gasteiger partial charge in [-0.15, -0.1) is 0 Å². The van der Waals surface area contributed by atoms with Crippen LogP contribution in [0.5, 0.6) is 0 Å². The van der Waals surface area contributed by atoms with Crippen molar-refractivity contribution in [2.24, 2.45) is 5.92 Å². The minimum atomic E-state index is 0.0813. The summed E-state index contributed by atoms with van der Waals surface area (Å²) in [6.45, 7) is 6.30. The third kappa shape index (κ3) is 5.05. The topological polar surface area (TPSA) is 53.1 Å². The van der Waals surface area contributed by atoms with E-state index in [0.29, 0.717) is 22.1 Å². The molecule has 2 N–H and O–H groups in total. The Morgan fingerprint density at radius 1 is 1.31 bits per heavy atom. The van der Waals surface area contributed by atoms with Crippen LogP contribution < -0.4 is 15.5 Å². The van der Waals surface area contributed by atoms with Crippen molar-refractivity contribution in [1.29, 1.82) is 0 Å². The molecule has 0 spiro atoms. The Labute approximate surface area is 165 Å². The Balaban J connectivity index is 1.66. The largest absolute Gasteiger partial charge is 0.356 e. The lowest BCUT2D eigenvalue weighted by molar-refractivity contribution is 0.444. The minimum Gasteiger partial charge on any atom is -0.356 e. The molecule has 138 valence electrons. The molecule has 1 aromatic carbocycles. The highest BCUT2D eigenvalue weighted by molar-refractivity contribution is 7.80.